The zero-order valence-corrected chi connectivity index (χ0v) is 84.4. The van der Waals surface area contributed by atoms with Crippen LogP contribution < -0.4 is 59.0 Å². The number of aryl methyl sites for hydroxylation is 7. The zero-order valence-electron chi connectivity index (χ0n) is 84.4. The predicted octanol–water partition coefficient (Wildman–Crippen LogP) is 22.6. The van der Waals surface area contributed by atoms with Gasteiger partial charge in [0, 0.05) is 76.1 Å². The van der Waals surface area contributed by atoms with Crippen LogP contribution in [0.5, 0.6) is 0 Å². The van der Waals surface area contributed by atoms with Crippen molar-refractivity contribution in [2.45, 2.75) is 309 Å². The number of benzene rings is 8. The molecule has 4 aromatic heterocycles. The summed E-state index contributed by atoms with van der Waals surface area (Å²) in [5, 5.41) is 0. The van der Waals surface area contributed by atoms with Gasteiger partial charge in [0.05, 0.1) is 50.4 Å². The van der Waals surface area contributed by atoms with E-state index in [1.54, 1.807) is 5.69 Å². The molecule has 0 unspecified atom stereocenters. The lowest BCUT2D eigenvalue weighted by molar-refractivity contribution is -0.534. The maximum Gasteiger partial charge on any atom is 0.538 e. The Morgan fingerprint density at radius 1 is 0.349 bits per heavy atom. The molecule has 4 aliphatic heterocycles. The zero-order chi connectivity index (χ0) is 92.2. The first-order valence-electron chi connectivity index (χ1n) is 50.2. The van der Waals surface area contributed by atoms with Gasteiger partial charge in [0.25, 0.3) is 23.3 Å². The van der Waals surface area contributed by atoms with Gasteiger partial charge in [0.15, 0.2) is 0 Å². The third-order valence-corrected chi connectivity index (χ3v) is 30.1. The van der Waals surface area contributed by atoms with Gasteiger partial charge in [-0.2, -0.15) is 0 Å². The van der Waals surface area contributed by atoms with Crippen LogP contribution in [-0.4, -0.2) is 71.9 Å². The number of nitrogens with zero attached hydrogens (tertiary/aromatic N) is 12. The van der Waals surface area contributed by atoms with E-state index in [4.69, 9.17) is 0 Å². The maximum absolute atomic E-state index is 2.82. The number of rotatable bonds is 20. The standard InChI is InChI=1S/C29H39BN3.C28H37BN3.2C28H39BN3/c1-20(2)24-15-11-16-25(21(3)4)28(24)30-32-19-18-31(6)29(32)27-22(5)12-10-17-26(27)33(30)23-13-8-7-9-14-23;1-18(2)21-13-11-14-22(19(3)4)27(21)29-31(7)25-17-10-12-20(5)26(25)28-30(6)23-15-8-9-16-24(23)32(28)29;1-9-22(10-2)32-25-16-11-13-21(7)26(25)28-30(8)17-18-31(28)29(32)27-23(19(3)4)14-12-15-24(27)20(5)6;1-8-9-10-17-31-25-16-11-13-22(6)26(25)28-30(7)18-19-32(28)29(31)27-23(20(2)3)14-12-15-24(27)21(4)5/h10-12,15-21,23H,7-9,13-14H2,1-6H3;10-14,17-19H,8-9,15-16H2,1-7H3;11-20,22H,9-10H2,1-8H3;11-16,18-21H,8-10,17H2,1-7H3/q4*+1. The first kappa shape index (κ1) is 93.7. The molecule has 2 aliphatic carbocycles. The molecule has 12 aromatic rings. The average Bonchev–Trinajstić information content (AvgIpc) is 1.62. The Morgan fingerprint density at radius 2 is 0.690 bits per heavy atom. The van der Waals surface area contributed by atoms with Crippen LogP contribution in [0.15, 0.2) is 183 Å². The summed E-state index contributed by atoms with van der Waals surface area (Å²) in [5.74, 6) is 9.17. The van der Waals surface area contributed by atoms with Gasteiger partial charge >= 0.3 is 27.9 Å². The molecule has 0 atom stereocenters. The van der Waals surface area contributed by atoms with E-state index in [0.29, 0.717) is 59.4 Å². The second-order valence-electron chi connectivity index (χ2n) is 41.4. The third-order valence-electron chi connectivity index (χ3n) is 30.1. The van der Waals surface area contributed by atoms with Gasteiger partial charge in [0.1, 0.15) is 48.6 Å². The maximum atomic E-state index is 2.82. The molecule has 0 N–H and O–H groups in total. The Labute approximate surface area is 779 Å². The van der Waals surface area contributed by atoms with Crippen LogP contribution in [0.2, 0.25) is 0 Å². The van der Waals surface area contributed by atoms with Gasteiger partial charge in [0.2, 0.25) is 0 Å². The van der Waals surface area contributed by atoms with Crippen LogP contribution in [0, 0.1) is 27.7 Å². The highest BCUT2D eigenvalue weighted by Gasteiger charge is 2.54. The third kappa shape index (κ3) is 17.1. The summed E-state index contributed by atoms with van der Waals surface area (Å²) in [5.41, 5.74) is 37.4. The molecule has 12 nitrogen and oxygen atoms in total. The first-order chi connectivity index (χ1) is 61.9. The van der Waals surface area contributed by atoms with Gasteiger partial charge in [-0.3, -0.25) is 17.9 Å². The summed E-state index contributed by atoms with van der Waals surface area (Å²) in [6, 6.07) is 56.4. The molecule has 0 spiro atoms. The molecule has 18 rings (SSSR count). The largest absolute Gasteiger partial charge is 0.538 e. The summed E-state index contributed by atoms with van der Waals surface area (Å²) in [4.78, 5) is 10.8. The van der Waals surface area contributed by atoms with Crippen molar-refractivity contribution in [3.63, 3.8) is 0 Å². The fourth-order valence-corrected chi connectivity index (χ4v) is 23.7. The molecule has 0 bridgehead atoms. The van der Waals surface area contributed by atoms with E-state index in [0.717, 1.165) is 19.4 Å². The first-order valence-corrected chi connectivity index (χ1v) is 50.2. The van der Waals surface area contributed by atoms with E-state index < -0.39 is 0 Å². The number of hydrogen-bond donors (Lipinski definition) is 0. The highest BCUT2D eigenvalue weighted by Crippen LogP contribution is 2.45. The molecule has 8 heterocycles. The van der Waals surface area contributed by atoms with Crippen LogP contribution in [0.3, 0.4) is 0 Å². The Morgan fingerprint density at radius 3 is 1.11 bits per heavy atom. The minimum absolute atomic E-state index is 0.154. The minimum atomic E-state index is 0.154. The van der Waals surface area contributed by atoms with Gasteiger partial charge in [-0.25, -0.2) is 18.3 Å². The molecular weight excluding hydrogens is 1570 g/mol. The second kappa shape index (κ2) is 39.2. The lowest BCUT2D eigenvalue weighted by Gasteiger charge is -2.42. The summed E-state index contributed by atoms with van der Waals surface area (Å²) in [7, 11) is 11.2. The van der Waals surface area contributed by atoms with Crippen LogP contribution in [-0.2, 0) is 41.0 Å². The smallest absolute Gasteiger partial charge is 0.372 e. The Bertz CT molecular complexity index is 5890. The molecule has 6 aliphatic rings. The van der Waals surface area contributed by atoms with E-state index >= 15 is 0 Å². The molecule has 0 amide bonds. The number of imidazole rings is 4. The number of unbranched alkanes of at least 4 members (excludes halogenated alkanes) is 2. The molecule has 0 saturated heterocycles. The number of anilines is 4. The summed E-state index contributed by atoms with van der Waals surface area (Å²) >= 11 is 0. The number of hydrogen-bond acceptors (Lipinski definition) is 4. The minimum Gasteiger partial charge on any atom is -0.372 e. The van der Waals surface area contributed by atoms with Crippen molar-refractivity contribution in [2.24, 2.45) is 28.2 Å². The van der Waals surface area contributed by atoms with Crippen LogP contribution in [0.4, 0.5) is 22.7 Å². The average molecular weight is 1720 g/mol. The van der Waals surface area contributed by atoms with Gasteiger partial charge in [-0.1, -0.05) is 285 Å². The lowest BCUT2D eigenvalue weighted by atomic mass is 9.56. The lowest BCUT2D eigenvalue weighted by Crippen LogP contribution is -2.74. The van der Waals surface area contributed by atoms with E-state index in [9.17, 15) is 0 Å². The van der Waals surface area contributed by atoms with Crippen molar-refractivity contribution in [1.82, 2.24) is 18.3 Å². The molecule has 129 heavy (non-hydrogen) atoms. The van der Waals surface area contributed by atoms with Crippen molar-refractivity contribution in [3.8, 4) is 45.6 Å². The predicted molar refractivity (Wildman–Crippen MR) is 553 cm³/mol. The number of aromatic nitrogens is 8. The Balaban J connectivity index is 0.000000132. The van der Waals surface area contributed by atoms with Gasteiger partial charge < -0.3 is 19.2 Å². The van der Waals surface area contributed by atoms with E-state index in [-0.39, 0.29) is 27.9 Å². The van der Waals surface area contributed by atoms with Crippen molar-refractivity contribution < 1.29 is 17.9 Å². The fraction of sp³-hybridized carbons (Fsp3) is 0.469. The molecule has 1 fully saturated rings. The summed E-state index contributed by atoms with van der Waals surface area (Å²) < 4.78 is 19.8. The van der Waals surface area contributed by atoms with E-state index in [1.165, 1.54) is 240 Å². The van der Waals surface area contributed by atoms with Crippen molar-refractivity contribution >= 4 is 72.5 Å². The molecule has 8 aromatic carbocycles. The summed E-state index contributed by atoms with van der Waals surface area (Å²) in [6.07, 6.45) is 31.2. The molecule has 0 radical (unpaired) electrons. The van der Waals surface area contributed by atoms with Crippen molar-refractivity contribution in [2.75, 3.05) is 32.8 Å². The van der Waals surface area contributed by atoms with Crippen LogP contribution in [0.1, 0.15) is 334 Å². The number of fused-ring (bicyclic) bond motifs is 14. The topological polar surface area (TPSA) is 48.2 Å². The summed E-state index contributed by atoms with van der Waals surface area (Å²) in [6.45, 7) is 55.3. The highest BCUT2D eigenvalue weighted by atomic mass is 15.3. The molecular formula is C113H154B4N12+4. The van der Waals surface area contributed by atoms with E-state index in [1.807, 2.05) is 0 Å². The fourth-order valence-electron chi connectivity index (χ4n) is 23.7. The van der Waals surface area contributed by atoms with Gasteiger partial charge in [-0.05, 0) is 218 Å². The van der Waals surface area contributed by atoms with Crippen LogP contribution in [0.25, 0.3) is 45.6 Å². The highest BCUT2D eigenvalue weighted by molar-refractivity contribution is 6.73. The van der Waals surface area contributed by atoms with Gasteiger partial charge in [-0.15, -0.1) is 0 Å². The second-order valence-corrected chi connectivity index (χ2v) is 41.4. The quantitative estimate of drug-likeness (QED) is 0.0564. The molecule has 1 saturated carbocycles. The van der Waals surface area contributed by atoms with Crippen LogP contribution >= 0.6 is 0 Å². The van der Waals surface area contributed by atoms with Crippen molar-refractivity contribution in [3.05, 3.63) is 261 Å². The molecule has 674 valence electrons. The monoisotopic (exact) mass is 1720 g/mol. The Hall–Kier alpha value is -9.94. The van der Waals surface area contributed by atoms with Crippen molar-refractivity contribution in [1.29, 1.82) is 0 Å². The Kier molecular flexibility index (Phi) is 28.5. The SMILES string of the molecule is CCC(CC)N1B(c2c(C(C)C)cccc2C(C)C)[n+]2ccn(C)c2-c2c(C)cccc21.CCCCCN1B(c2c(C(C)C)cccc2C(C)C)[n+]2ccn(C)c2-c2c(C)cccc21.Cc1cccc2c1-c1n(C)c3c([n+]1B(c1c(C(C)C)cccc1C(C)C)N2C)CCCC3.Cc1cccc2c1-c1n(C)cc[n+]1B(c1c(C(C)C)cccc1C(C)C)N2C1CCCCC1. The molecule has 16 heteroatoms. The normalized spacial score (nSPS) is 14.6. The van der Waals surface area contributed by atoms with E-state index in [2.05, 4.69) is 433 Å².